The Kier molecular flexibility index (Phi) is 6.02. The first-order valence-corrected chi connectivity index (χ1v) is 8.88. The van der Waals surface area contributed by atoms with Gasteiger partial charge in [-0.2, -0.15) is 0 Å². The maximum atomic E-state index is 12.4. The molecule has 0 amide bonds. The average molecular weight is 343 g/mol. The van der Waals surface area contributed by atoms with E-state index in [0.717, 1.165) is 32.6 Å². The van der Waals surface area contributed by atoms with Crippen LogP contribution in [-0.4, -0.2) is 42.9 Å². The first-order valence-electron chi connectivity index (χ1n) is 8.50. The summed E-state index contributed by atoms with van der Waals surface area (Å²) in [5.41, 5.74) is 1.97. The molecule has 1 atom stereocenters. The van der Waals surface area contributed by atoms with Crippen LogP contribution < -0.4 is 5.32 Å². The summed E-state index contributed by atoms with van der Waals surface area (Å²) in [6.45, 7) is 3.71. The van der Waals surface area contributed by atoms with Crippen LogP contribution in [0.1, 0.15) is 22.3 Å². The Balaban J connectivity index is 1.60. The summed E-state index contributed by atoms with van der Waals surface area (Å²) < 4.78 is 0. The molecule has 0 radical (unpaired) electrons. The van der Waals surface area contributed by atoms with Crippen LogP contribution in [0.3, 0.4) is 0 Å². The van der Waals surface area contributed by atoms with Gasteiger partial charge >= 0.3 is 0 Å². The molecule has 24 heavy (non-hydrogen) atoms. The van der Waals surface area contributed by atoms with Crippen molar-refractivity contribution in [3.63, 3.8) is 0 Å². The Hall–Kier alpha value is -1.68. The number of Topliss-reactive ketones (excluding diaryl/α,β-unsaturated/α-hetero) is 1. The fourth-order valence-electron chi connectivity index (χ4n) is 3.25. The third kappa shape index (κ3) is 4.44. The predicted molar refractivity (Wildman–Crippen MR) is 98.8 cm³/mol. The number of rotatable bonds is 6. The Bertz CT molecular complexity index is 674. The fraction of sp³-hybridized carbons (Fsp3) is 0.350. The molecule has 1 aliphatic rings. The summed E-state index contributed by atoms with van der Waals surface area (Å²) >= 11 is 6.13. The van der Waals surface area contributed by atoms with Crippen LogP contribution in [0.25, 0.3) is 0 Å². The van der Waals surface area contributed by atoms with Gasteiger partial charge in [0.15, 0.2) is 5.78 Å². The van der Waals surface area contributed by atoms with E-state index >= 15 is 0 Å². The standard InChI is InChI=1S/C20H23ClN2O/c21-19-9-5-4-8-18(19)20(24)10-12-23-13-11-22-15-17(23)14-16-6-2-1-3-7-16/h1-9,17,22H,10-15H2. The van der Waals surface area contributed by atoms with Gasteiger partial charge in [0.1, 0.15) is 0 Å². The van der Waals surface area contributed by atoms with Gasteiger partial charge in [0.25, 0.3) is 0 Å². The minimum atomic E-state index is 0.123. The number of nitrogens with zero attached hydrogens (tertiary/aromatic N) is 1. The highest BCUT2D eigenvalue weighted by Gasteiger charge is 2.23. The van der Waals surface area contributed by atoms with E-state index in [1.807, 2.05) is 24.3 Å². The minimum absolute atomic E-state index is 0.123. The van der Waals surface area contributed by atoms with E-state index in [9.17, 15) is 4.79 Å². The first-order chi connectivity index (χ1) is 11.7. The lowest BCUT2D eigenvalue weighted by Crippen LogP contribution is -2.52. The van der Waals surface area contributed by atoms with Gasteiger partial charge in [-0.3, -0.25) is 9.69 Å². The lowest BCUT2D eigenvalue weighted by atomic mass is 10.0. The Morgan fingerprint density at radius 3 is 2.67 bits per heavy atom. The lowest BCUT2D eigenvalue weighted by molar-refractivity contribution is 0.0935. The third-order valence-electron chi connectivity index (χ3n) is 4.59. The second kappa shape index (κ2) is 8.43. The van der Waals surface area contributed by atoms with E-state index in [1.165, 1.54) is 5.56 Å². The molecule has 3 rings (SSSR count). The number of carbonyl (C=O) groups is 1. The molecule has 0 spiro atoms. The van der Waals surface area contributed by atoms with Gasteiger partial charge in [-0.05, 0) is 24.1 Å². The zero-order valence-electron chi connectivity index (χ0n) is 13.7. The van der Waals surface area contributed by atoms with Crippen molar-refractivity contribution in [2.45, 2.75) is 18.9 Å². The second-order valence-corrected chi connectivity index (χ2v) is 6.64. The second-order valence-electron chi connectivity index (χ2n) is 6.24. The van der Waals surface area contributed by atoms with Gasteiger partial charge in [0.05, 0.1) is 5.02 Å². The number of piperazine rings is 1. The van der Waals surface area contributed by atoms with E-state index in [2.05, 4.69) is 34.5 Å². The van der Waals surface area contributed by atoms with Crippen molar-refractivity contribution in [2.75, 3.05) is 26.2 Å². The summed E-state index contributed by atoms with van der Waals surface area (Å²) in [5, 5.41) is 4.01. The Morgan fingerprint density at radius 2 is 1.88 bits per heavy atom. The maximum Gasteiger partial charge on any atom is 0.165 e. The quantitative estimate of drug-likeness (QED) is 0.816. The van der Waals surface area contributed by atoms with Crippen LogP contribution >= 0.6 is 11.6 Å². The summed E-state index contributed by atoms with van der Waals surface area (Å²) in [7, 11) is 0. The third-order valence-corrected chi connectivity index (χ3v) is 4.92. The molecule has 3 nitrogen and oxygen atoms in total. The molecule has 1 fully saturated rings. The van der Waals surface area contributed by atoms with Crippen LogP contribution in [0.4, 0.5) is 0 Å². The molecule has 0 bridgehead atoms. The van der Waals surface area contributed by atoms with Crippen molar-refractivity contribution in [2.24, 2.45) is 0 Å². The van der Waals surface area contributed by atoms with Crippen molar-refractivity contribution in [3.8, 4) is 0 Å². The van der Waals surface area contributed by atoms with E-state index in [1.54, 1.807) is 6.07 Å². The number of halogens is 1. The number of benzene rings is 2. The first kappa shape index (κ1) is 17.2. The SMILES string of the molecule is O=C(CCN1CCNCC1Cc1ccccc1)c1ccccc1Cl. The minimum Gasteiger partial charge on any atom is -0.314 e. The molecule has 1 N–H and O–H groups in total. The molecule has 1 aliphatic heterocycles. The monoisotopic (exact) mass is 342 g/mol. The van der Waals surface area contributed by atoms with E-state index < -0.39 is 0 Å². The Morgan fingerprint density at radius 1 is 1.12 bits per heavy atom. The van der Waals surface area contributed by atoms with Gasteiger partial charge in [-0.25, -0.2) is 0 Å². The number of ketones is 1. The number of hydrogen-bond acceptors (Lipinski definition) is 3. The normalized spacial score (nSPS) is 18.5. The van der Waals surface area contributed by atoms with E-state index in [-0.39, 0.29) is 5.78 Å². The topological polar surface area (TPSA) is 32.3 Å². The predicted octanol–water partition coefficient (Wildman–Crippen LogP) is 3.43. The van der Waals surface area contributed by atoms with Crippen molar-refractivity contribution >= 4 is 17.4 Å². The van der Waals surface area contributed by atoms with Crippen LogP contribution in [-0.2, 0) is 6.42 Å². The highest BCUT2D eigenvalue weighted by molar-refractivity contribution is 6.33. The average Bonchev–Trinajstić information content (AvgIpc) is 2.62. The number of hydrogen-bond donors (Lipinski definition) is 1. The van der Waals surface area contributed by atoms with Gasteiger partial charge < -0.3 is 5.32 Å². The Labute approximate surface area is 148 Å². The molecule has 1 saturated heterocycles. The molecule has 2 aromatic carbocycles. The number of carbonyl (C=O) groups excluding carboxylic acids is 1. The molecule has 1 unspecified atom stereocenters. The lowest BCUT2D eigenvalue weighted by Gasteiger charge is -2.36. The molecule has 0 aliphatic carbocycles. The zero-order chi connectivity index (χ0) is 16.8. The zero-order valence-corrected chi connectivity index (χ0v) is 14.5. The molecule has 126 valence electrons. The molecule has 2 aromatic rings. The summed E-state index contributed by atoms with van der Waals surface area (Å²) in [5.74, 6) is 0.123. The van der Waals surface area contributed by atoms with Crippen LogP contribution in [0.5, 0.6) is 0 Å². The summed E-state index contributed by atoms with van der Waals surface area (Å²) in [4.78, 5) is 14.9. The summed E-state index contributed by atoms with van der Waals surface area (Å²) in [6.07, 6.45) is 1.52. The van der Waals surface area contributed by atoms with Gasteiger partial charge in [-0.15, -0.1) is 0 Å². The van der Waals surface area contributed by atoms with E-state index in [4.69, 9.17) is 11.6 Å². The van der Waals surface area contributed by atoms with Crippen molar-refractivity contribution in [1.29, 1.82) is 0 Å². The highest BCUT2D eigenvalue weighted by atomic mass is 35.5. The molecule has 4 heteroatoms. The van der Waals surface area contributed by atoms with Gasteiger partial charge in [0, 0.05) is 44.2 Å². The highest BCUT2D eigenvalue weighted by Crippen LogP contribution is 2.18. The number of nitrogens with one attached hydrogen (secondary N) is 1. The van der Waals surface area contributed by atoms with Crippen LogP contribution in [0, 0.1) is 0 Å². The fourth-order valence-corrected chi connectivity index (χ4v) is 3.49. The van der Waals surface area contributed by atoms with Crippen molar-refractivity contribution < 1.29 is 4.79 Å². The van der Waals surface area contributed by atoms with Crippen molar-refractivity contribution in [3.05, 3.63) is 70.7 Å². The largest absolute Gasteiger partial charge is 0.314 e. The van der Waals surface area contributed by atoms with Crippen molar-refractivity contribution in [1.82, 2.24) is 10.2 Å². The molecule has 0 saturated carbocycles. The molecule has 0 aromatic heterocycles. The maximum absolute atomic E-state index is 12.4. The van der Waals surface area contributed by atoms with Gasteiger partial charge in [0.2, 0.25) is 0 Å². The summed E-state index contributed by atoms with van der Waals surface area (Å²) in [6, 6.07) is 18.3. The molecular weight excluding hydrogens is 320 g/mol. The van der Waals surface area contributed by atoms with Crippen LogP contribution in [0.2, 0.25) is 5.02 Å². The van der Waals surface area contributed by atoms with Gasteiger partial charge in [-0.1, -0.05) is 54.1 Å². The van der Waals surface area contributed by atoms with Crippen LogP contribution in [0.15, 0.2) is 54.6 Å². The van der Waals surface area contributed by atoms with E-state index in [0.29, 0.717) is 23.0 Å². The smallest absolute Gasteiger partial charge is 0.165 e. The molecular formula is C20H23ClN2O. The molecule has 1 heterocycles.